The van der Waals surface area contributed by atoms with Crippen LogP contribution in [0.4, 0.5) is 5.69 Å². The number of rotatable bonds is 6. The maximum absolute atomic E-state index is 10.2. The van der Waals surface area contributed by atoms with Gasteiger partial charge < -0.3 is 14.7 Å². The molecule has 0 saturated heterocycles. The van der Waals surface area contributed by atoms with Crippen molar-refractivity contribution in [3.8, 4) is 33.8 Å². The van der Waals surface area contributed by atoms with Crippen molar-refractivity contribution in [3.05, 3.63) is 109 Å². The van der Waals surface area contributed by atoms with Crippen molar-refractivity contribution < 1.29 is 9.84 Å². The normalized spacial score (nSPS) is 10.9. The molecule has 168 valence electrons. The Morgan fingerprint density at radius 2 is 1.56 bits per heavy atom. The number of phenols is 1. The third kappa shape index (κ3) is 4.30. The Morgan fingerprint density at radius 3 is 2.29 bits per heavy atom. The molecule has 0 saturated carbocycles. The molecule has 0 bridgehead atoms. The van der Waals surface area contributed by atoms with Gasteiger partial charge in [0, 0.05) is 36.9 Å². The van der Waals surface area contributed by atoms with Gasteiger partial charge in [-0.05, 0) is 58.7 Å². The zero-order valence-corrected chi connectivity index (χ0v) is 19.3. The fraction of sp³-hybridized carbons (Fsp3) is 0.100. The summed E-state index contributed by atoms with van der Waals surface area (Å²) < 4.78 is 6.42. The van der Waals surface area contributed by atoms with Crippen LogP contribution < -0.4 is 9.64 Å². The molecule has 5 rings (SSSR count). The van der Waals surface area contributed by atoms with Crippen LogP contribution in [0.15, 0.2) is 103 Å². The molecule has 0 unspecified atom stereocenters. The van der Waals surface area contributed by atoms with E-state index in [1.165, 1.54) is 0 Å². The monoisotopic (exact) mass is 446 g/mol. The second-order valence-electron chi connectivity index (χ2n) is 8.47. The number of ether oxygens (including phenoxy) is 1. The predicted octanol–water partition coefficient (Wildman–Crippen LogP) is 6.92. The minimum Gasteiger partial charge on any atom is -0.508 e. The molecule has 0 aliphatic rings. The standard InChI is InChI=1S/C30H26N2O2/c1-32(2)24-15-13-22(14-16-24)27-19-28(23-10-6-11-25(33)18-23)30(29-26(27)12-7-17-31-29)34-20-21-8-4-3-5-9-21/h3-19,33H,20H2,1-2H3. The molecule has 0 amide bonds. The maximum atomic E-state index is 10.2. The van der Waals surface area contributed by atoms with Crippen LogP contribution in [0.1, 0.15) is 5.56 Å². The maximum Gasteiger partial charge on any atom is 0.153 e. The van der Waals surface area contributed by atoms with Crippen LogP contribution in [-0.4, -0.2) is 24.2 Å². The minimum absolute atomic E-state index is 0.213. The first kappa shape index (κ1) is 21.5. The zero-order chi connectivity index (χ0) is 23.5. The Kier molecular flexibility index (Phi) is 5.88. The lowest BCUT2D eigenvalue weighted by atomic mass is 9.93. The van der Waals surface area contributed by atoms with Crippen molar-refractivity contribution in [2.75, 3.05) is 19.0 Å². The number of benzene rings is 4. The Hall–Kier alpha value is -4.31. The smallest absolute Gasteiger partial charge is 0.153 e. The summed E-state index contributed by atoms with van der Waals surface area (Å²) in [5.74, 6) is 0.920. The van der Waals surface area contributed by atoms with Crippen molar-refractivity contribution in [2.24, 2.45) is 0 Å². The number of pyridine rings is 1. The molecule has 0 fully saturated rings. The number of hydrogen-bond acceptors (Lipinski definition) is 4. The molecule has 0 atom stereocenters. The lowest BCUT2D eigenvalue weighted by Crippen LogP contribution is -2.07. The van der Waals surface area contributed by atoms with E-state index in [-0.39, 0.29) is 5.75 Å². The van der Waals surface area contributed by atoms with Gasteiger partial charge in [0.15, 0.2) is 5.75 Å². The number of aromatic hydroxyl groups is 1. The van der Waals surface area contributed by atoms with Gasteiger partial charge in [0.1, 0.15) is 17.9 Å². The largest absolute Gasteiger partial charge is 0.508 e. The topological polar surface area (TPSA) is 45.6 Å². The van der Waals surface area contributed by atoms with Crippen LogP contribution in [0.5, 0.6) is 11.5 Å². The quantitative estimate of drug-likeness (QED) is 0.307. The van der Waals surface area contributed by atoms with Crippen LogP contribution in [0.2, 0.25) is 0 Å². The SMILES string of the molecule is CN(C)c1ccc(-c2cc(-c3cccc(O)c3)c(OCc3ccccc3)c3ncccc23)cc1. The van der Waals surface area contributed by atoms with Crippen LogP contribution >= 0.6 is 0 Å². The first-order valence-corrected chi connectivity index (χ1v) is 11.3. The summed E-state index contributed by atoms with van der Waals surface area (Å²) >= 11 is 0. The van der Waals surface area contributed by atoms with Crippen molar-refractivity contribution in [1.29, 1.82) is 0 Å². The molecule has 1 N–H and O–H groups in total. The summed E-state index contributed by atoms with van der Waals surface area (Å²) in [5, 5.41) is 11.2. The minimum atomic E-state index is 0.213. The van der Waals surface area contributed by atoms with E-state index in [1.807, 2.05) is 62.6 Å². The van der Waals surface area contributed by atoms with Gasteiger partial charge in [-0.1, -0.05) is 60.7 Å². The highest BCUT2D eigenvalue weighted by molar-refractivity contribution is 6.03. The molecule has 0 spiro atoms. The summed E-state index contributed by atoms with van der Waals surface area (Å²) in [7, 11) is 4.07. The summed E-state index contributed by atoms with van der Waals surface area (Å²) in [6.07, 6.45) is 1.79. The third-order valence-corrected chi connectivity index (χ3v) is 5.92. The van der Waals surface area contributed by atoms with E-state index in [2.05, 4.69) is 41.3 Å². The average molecular weight is 447 g/mol. The van der Waals surface area contributed by atoms with Gasteiger partial charge in [0.25, 0.3) is 0 Å². The van der Waals surface area contributed by atoms with Gasteiger partial charge in [0.05, 0.1) is 0 Å². The van der Waals surface area contributed by atoms with Crippen molar-refractivity contribution in [2.45, 2.75) is 6.61 Å². The number of aromatic nitrogens is 1. The Labute approximate surface area is 199 Å². The lowest BCUT2D eigenvalue weighted by molar-refractivity contribution is 0.310. The lowest BCUT2D eigenvalue weighted by Gasteiger charge is -2.18. The molecule has 0 aliphatic heterocycles. The number of nitrogens with zero attached hydrogens (tertiary/aromatic N) is 2. The Morgan fingerprint density at radius 1 is 0.765 bits per heavy atom. The van der Waals surface area contributed by atoms with Crippen molar-refractivity contribution in [3.63, 3.8) is 0 Å². The first-order chi connectivity index (χ1) is 16.6. The second-order valence-corrected chi connectivity index (χ2v) is 8.47. The summed E-state index contributed by atoms with van der Waals surface area (Å²) in [6, 6.07) is 32.0. The fourth-order valence-corrected chi connectivity index (χ4v) is 4.16. The van der Waals surface area contributed by atoms with Gasteiger partial charge >= 0.3 is 0 Å². The van der Waals surface area contributed by atoms with Gasteiger partial charge in [-0.2, -0.15) is 0 Å². The Bertz CT molecular complexity index is 1430. The van der Waals surface area contributed by atoms with Crippen LogP contribution in [0.3, 0.4) is 0 Å². The molecule has 0 aliphatic carbocycles. The predicted molar refractivity (Wildman–Crippen MR) is 139 cm³/mol. The molecule has 4 heteroatoms. The zero-order valence-electron chi connectivity index (χ0n) is 19.3. The van der Waals surface area contributed by atoms with Gasteiger partial charge in [-0.25, -0.2) is 0 Å². The first-order valence-electron chi connectivity index (χ1n) is 11.3. The number of hydrogen-bond donors (Lipinski definition) is 1. The van der Waals surface area contributed by atoms with E-state index in [1.54, 1.807) is 18.3 Å². The van der Waals surface area contributed by atoms with E-state index in [4.69, 9.17) is 9.72 Å². The highest BCUT2D eigenvalue weighted by Crippen LogP contribution is 2.42. The second kappa shape index (κ2) is 9.28. The molecular formula is C30H26N2O2. The number of phenolic OH excluding ortho intramolecular Hbond substituents is 1. The van der Waals surface area contributed by atoms with Crippen LogP contribution in [0.25, 0.3) is 33.2 Å². The molecule has 0 radical (unpaired) electrons. The van der Waals surface area contributed by atoms with Crippen molar-refractivity contribution >= 4 is 16.6 Å². The molecule has 4 nitrogen and oxygen atoms in total. The third-order valence-electron chi connectivity index (χ3n) is 5.92. The van der Waals surface area contributed by atoms with Gasteiger partial charge in [-0.3, -0.25) is 4.98 Å². The summed E-state index contributed by atoms with van der Waals surface area (Å²) in [4.78, 5) is 6.82. The summed E-state index contributed by atoms with van der Waals surface area (Å²) in [6.45, 7) is 0.426. The van der Waals surface area contributed by atoms with Gasteiger partial charge in [-0.15, -0.1) is 0 Å². The summed E-state index contributed by atoms with van der Waals surface area (Å²) in [5.41, 5.74) is 6.95. The Balaban J connectivity index is 1.71. The van der Waals surface area contributed by atoms with E-state index >= 15 is 0 Å². The molecular weight excluding hydrogens is 420 g/mol. The number of fused-ring (bicyclic) bond motifs is 1. The van der Waals surface area contributed by atoms with E-state index in [9.17, 15) is 5.11 Å². The average Bonchev–Trinajstić information content (AvgIpc) is 2.87. The highest BCUT2D eigenvalue weighted by atomic mass is 16.5. The van der Waals surface area contributed by atoms with Crippen molar-refractivity contribution in [1.82, 2.24) is 4.98 Å². The van der Waals surface area contributed by atoms with E-state index in [0.717, 1.165) is 44.4 Å². The highest BCUT2D eigenvalue weighted by Gasteiger charge is 2.18. The van der Waals surface area contributed by atoms with Crippen LogP contribution in [-0.2, 0) is 6.61 Å². The molecule has 1 heterocycles. The van der Waals surface area contributed by atoms with Gasteiger partial charge in [0.2, 0.25) is 0 Å². The molecule has 1 aromatic heterocycles. The molecule has 34 heavy (non-hydrogen) atoms. The van der Waals surface area contributed by atoms with E-state index in [0.29, 0.717) is 12.4 Å². The van der Waals surface area contributed by atoms with Crippen LogP contribution in [0, 0.1) is 0 Å². The molecule has 4 aromatic carbocycles. The fourth-order valence-electron chi connectivity index (χ4n) is 4.16. The number of anilines is 1. The van der Waals surface area contributed by atoms with E-state index < -0.39 is 0 Å². The molecule has 5 aromatic rings.